The van der Waals surface area contributed by atoms with E-state index in [1.54, 1.807) is 24.2 Å². The Labute approximate surface area is 119 Å². The monoisotopic (exact) mass is 324 g/mol. The molecule has 94 valence electrons. The molecule has 2 aromatic heterocycles. The molecule has 2 aromatic rings. The van der Waals surface area contributed by atoms with Crippen LogP contribution < -0.4 is 0 Å². The maximum atomic E-state index is 4.41. The molecule has 0 radical (unpaired) electrons. The van der Waals surface area contributed by atoms with E-state index < -0.39 is 0 Å². The van der Waals surface area contributed by atoms with Crippen LogP contribution in [0.15, 0.2) is 22.2 Å². The van der Waals surface area contributed by atoms with Crippen LogP contribution in [0.4, 0.5) is 0 Å². The number of hydrogen-bond acceptors (Lipinski definition) is 4. The van der Waals surface area contributed by atoms with Crippen LogP contribution in [-0.2, 0) is 7.05 Å². The summed E-state index contributed by atoms with van der Waals surface area (Å²) in [5, 5.41) is 0.969. The fourth-order valence-corrected chi connectivity index (χ4v) is 2.79. The van der Waals surface area contributed by atoms with Crippen LogP contribution in [0.3, 0.4) is 0 Å². The molecule has 0 spiro atoms. The smallest absolute Gasteiger partial charge is 0.169 e. The van der Waals surface area contributed by atoms with Gasteiger partial charge in [0, 0.05) is 13.2 Å². The summed E-state index contributed by atoms with van der Waals surface area (Å²) in [4.78, 5) is 12.9. The van der Waals surface area contributed by atoms with Crippen LogP contribution in [0.2, 0.25) is 0 Å². The Bertz CT molecular complexity index is 592. The number of hydrogen-bond donors (Lipinski definition) is 0. The van der Waals surface area contributed by atoms with Crippen LogP contribution in [0, 0.1) is 6.92 Å². The van der Waals surface area contributed by atoms with Crippen LogP contribution in [0.1, 0.15) is 17.1 Å². The molecular formula is C12H13BrN4S. The topological polar surface area (TPSA) is 43.6 Å². The number of nitrogens with zero attached hydrogens (tertiary/aromatic N) is 4. The largest absolute Gasteiger partial charge is 0.322 e. The van der Waals surface area contributed by atoms with Gasteiger partial charge in [-0.2, -0.15) is 0 Å². The van der Waals surface area contributed by atoms with Gasteiger partial charge in [0.1, 0.15) is 4.60 Å². The van der Waals surface area contributed by atoms with Crippen molar-refractivity contribution < 1.29 is 0 Å². The molecule has 0 saturated carbocycles. The first-order valence-corrected chi connectivity index (χ1v) is 7.36. The number of aromatic nitrogens is 4. The third-order valence-electron chi connectivity index (χ3n) is 2.42. The lowest BCUT2D eigenvalue weighted by atomic mass is 10.3. The number of halogens is 1. The molecule has 0 aliphatic rings. The van der Waals surface area contributed by atoms with Gasteiger partial charge in [0.15, 0.2) is 5.16 Å². The third-order valence-corrected chi connectivity index (χ3v) is 3.74. The van der Waals surface area contributed by atoms with E-state index in [0.717, 1.165) is 26.8 Å². The van der Waals surface area contributed by atoms with Gasteiger partial charge in [-0.15, -0.1) is 0 Å². The standard InChI is InChI=1S/C12H13BrN4S/c1-8-6-14-7-9(15-8)4-5-10-11(13)16-12(18-3)17(10)2/h4-7H,1-3H3/b5-4-. The van der Waals surface area contributed by atoms with Crippen molar-refractivity contribution in [2.75, 3.05) is 6.26 Å². The summed E-state index contributed by atoms with van der Waals surface area (Å²) in [5.74, 6) is 0. The molecule has 0 saturated heterocycles. The molecule has 0 atom stereocenters. The fourth-order valence-electron chi connectivity index (χ4n) is 1.55. The highest BCUT2D eigenvalue weighted by molar-refractivity contribution is 9.10. The molecular weight excluding hydrogens is 312 g/mol. The van der Waals surface area contributed by atoms with Gasteiger partial charge in [0.05, 0.1) is 23.3 Å². The van der Waals surface area contributed by atoms with Crippen molar-refractivity contribution in [2.45, 2.75) is 12.1 Å². The molecule has 0 aromatic carbocycles. The predicted molar refractivity (Wildman–Crippen MR) is 78.4 cm³/mol. The van der Waals surface area contributed by atoms with Gasteiger partial charge in [0.2, 0.25) is 0 Å². The first kappa shape index (κ1) is 13.3. The summed E-state index contributed by atoms with van der Waals surface area (Å²) in [6.45, 7) is 1.93. The average molecular weight is 325 g/mol. The summed E-state index contributed by atoms with van der Waals surface area (Å²) in [5.41, 5.74) is 2.77. The van der Waals surface area contributed by atoms with Crippen molar-refractivity contribution in [3.05, 3.63) is 34.1 Å². The highest BCUT2D eigenvalue weighted by Crippen LogP contribution is 2.24. The highest BCUT2D eigenvalue weighted by atomic mass is 79.9. The van der Waals surface area contributed by atoms with E-state index in [1.165, 1.54) is 0 Å². The zero-order valence-electron chi connectivity index (χ0n) is 10.4. The summed E-state index contributed by atoms with van der Waals surface area (Å²) < 4.78 is 2.88. The lowest BCUT2D eigenvalue weighted by Gasteiger charge is -1.99. The van der Waals surface area contributed by atoms with E-state index in [0.29, 0.717) is 0 Å². The Morgan fingerprint density at radius 2 is 2.06 bits per heavy atom. The molecule has 0 amide bonds. The van der Waals surface area contributed by atoms with Gasteiger partial charge in [-0.05, 0) is 41.3 Å². The van der Waals surface area contributed by atoms with E-state index in [-0.39, 0.29) is 0 Å². The number of thioether (sulfide) groups is 1. The average Bonchev–Trinajstić information content (AvgIpc) is 2.62. The molecule has 6 heteroatoms. The third kappa shape index (κ3) is 2.81. The lowest BCUT2D eigenvalue weighted by molar-refractivity contribution is 0.785. The Morgan fingerprint density at radius 1 is 1.28 bits per heavy atom. The second-order valence-corrected chi connectivity index (χ2v) is 5.28. The first-order chi connectivity index (χ1) is 8.61. The van der Waals surface area contributed by atoms with E-state index in [9.17, 15) is 0 Å². The number of rotatable bonds is 3. The van der Waals surface area contributed by atoms with Gasteiger partial charge in [0.25, 0.3) is 0 Å². The SMILES string of the molecule is CSc1nc(Br)c(/C=C\c2cncc(C)n2)n1C. The van der Waals surface area contributed by atoms with Crippen LogP contribution in [0.5, 0.6) is 0 Å². The molecule has 0 fully saturated rings. The van der Waals surface area contributed by atoms with Crippen molar-refractivity contribution in [3.63, 3.8) is 0 Å². The second kappa shape index (κ2) is 5.67. The van der Waals surface area contributed by atoms with Crippen molar-refractivity contribution >= 4 is 39.8 Å². The molecule has 0 unspecified atom stereocenters. The Kier molecular flexibility index (Phi) is 4.19. The van der Waals surface area contributed by atoms with Crippen molar-refractivity contribution in [1.82, 2.24) is 19.5 Å². The fraction of sp³-hybridized carbons (Fsp3) is 0.250. The molecule has 0 N–H and O–H groups in total. The van der Waals surface area contributed by atoms with E-state index in [1.807, 2.05) is 36.9 Å². The zero-order valence-corrected chi connectivity index (χ0v) is 12.8. The summed E-state index contributed by atoms with van der Waals surface area (Å²) in [7, 11) is 1.99. The summed E-state index contributed by atoms with van der Waals surface area (Å²) in [6, 6.07) is 0. The summed E-state index contributed by atoms with van der Waals surface area (Å²) in [6.07, 6.45) is 9.41. The Balaban J connectivity index is 2.31. The van der Waals surface area contributed by atoms with Crippen molar-refractivity contribution in [1.29, 1.82) is 0 Å². The van der Waals surface area contributed by atoms with Gasteiger partial charge in [-0.1, -0.05) is 11.8 Å². The maximum Gasteiger partial charge on any atom is 0.169 e. The van der Waals surface area contributed by atoms with Gasteiger partial charge < -0.3 is 4.57 Å². The minimum absolute atomic E-state index is 0.839. The highest BCUT2D eigenvalue weighted by Gasteiger charge is 2.08. The van der Waals surface area contributed by atoms with Crippen molar-refractivity contribution in [2.24, 2.45) is 7.05 Å². The first-order valence-electron chi connectivity index (χ1n) is 5.34. The Morgan fingerprint density at radius 3 is 2.67 bits per heavy atom. The molecule has 4 nitrogen and oxygen atoms in total. The minimum Gasteiger partial charge on any atom is -0.322 e. The van der Waals surface area contributed by atoms with Gasteiger partial charge in [-0.3, -0.25) is 9.97 Å². The Hall–Kier alpha value is -1.14. The quantitative estimate of drug-likeness (QED) is 0.813. The summed E-state index contributed by atoms with van der Waals surface area (Å²) >= 11 is 5.08. The van der Waals surface area contributed by atoms with E-state index >= 15 is 0 Å². The molecule has 0 aliphatic heterocycles. The zero-order chi connectivity index (χ0) is 13.1. The predicted octanol–water partition coefficient (Wildman–Crippen LogP) is 3.17. The van der Waals surface area contributed by atoms with E-state index in [4.69, 9.17) is 0 Å². The molecule has 0 bridgehead atoms. The van der Waals surface area contributed by atoms with E-state index in [2.05, 4.69) is 30.9 Å². The molecule has 2 rings (SSSR count). The normalized spacial score (nSPS) is 11.3. The van der Waals surface area contributed by atoms with Crippen molar-refractivity contribution in [3.8, 4) is 0 Å². The van der Waals surface area contributed by atoms with Crippen LogP contribution >= 0.6 is 27.7 Å². The maximum absolute atomic E-state index is 4.41. The minimum atomic E-state index is 0.839. The lowest BCUT2D eigenvalue weighted by Crippen LogP contribution is -1.93. The van der Waals surface area contributed by atoms with Gasteiger partial charge >= 0.3 is 0 Å². The van der Waals surface area contributed by atoms with Gasteiger partial charge in [-0.25, -0.2) is 4.98 Å². The van der Waals surface area contributed by atoms with Crippen LogP contribution in [-0.4, -0.2) is 25.8 Å². The second-order valence-electron chi connectivity index (χ2n) is 3.75. The molecule has 0 aliphatic carbocycles. The molecule has 18 heavy (non-hydrogen) atoms. The number of imidazole rings is 1. The molecule has 2 heterocycles. The van der Waals surface area contributed by atoms with Crippen LogP contribution in [0.25, 0.3) is 12.2 Å². The number of aryl methyl sites for hydroxylation is 1.